The number of carbonyl (C=O) groups excluding carboxylic acids is 1. The molecule has 1 unspecified atom stereocenters. The van der Waals surface area contributed by atoms with E-state index in [0.717, 1.165) is 34.4 Å². The van der Waals surface area contributed by atoms with E-state index in [2.05, 4.69) is 62.6 Å². The Labute approximate surface area is 212 Å². The number of halogens is 1. The van der Waals surface area contributed by atoms with Crippen LogP contribution in [0.4, 0.5) is 5.82 Å². The SMILES string of the molecule is CC1CCc2ncnc(NCCNC(=O)[C@H](CNC3CCC(C)(C)CC3)c3ccc(Br)cc3)c21. The fraction of sp³-hybridized carbons (Fsp3) is 0.593. The zero-order valence-electron chi connectivity index (χ0n) is 20.7. The number of benzene rings is 1. The largest absolute Gasteiger partial charge is 0.368 e. The third-order valence-corrected chi connectivity index (χ3v) is 8.06. The lowest BCUT2D eigenvalue weighted by molar-refractivity contribution is -0.122. The predicted molar refractivity (Wildman–Crippen MR) is 141 cm³/mol. The molecule has 7 heteroatoms. The Balaban J connectivity index is 1.32. The van der Waals surface area contributed by atoms with Gasteiger partial charge < -0.3 is 16.0 Å². The van der Waals surface area contributed by atoms with Crippen LogP contribution in [-0.2, 0) is 11.2 Å². The molecule has 1 aromatic carbocycles. The molecule has 2 atom stereocenters. The van der Waals surface area contributed by atoms with Crippen LogP contribution < -0.4 is 16.0 Å². The molecule has 0 bridgehead atoms. The normalized spacial score (nSPS) is 20.5. The van der Waals surface area contributed by atoms with Crippen LogP contribution in [0.5, 0.6) is 0 Å². The number of anilines is 1. The first-order chi connectivity index (χ1) is 16.3. The highest BCUT2D eigenvalue weighted by atomic mass is 79.9. The molecule has 2 aliphatic rings. The lowest BCUT2D eigenvalue weighted by Gasteiger charge is -2.35. The summed E-state index contributed by atoms with van der Waals surface area (Å²) in [6.45, 7) is 8.78. The van der Waals surface area contributed by atoms with Gasteiger partial charge in [-0.1, -0.05) is 48.8 Å². The van der Waals surface area contributed by atoms with Gasteiger partial charge in [0.1, 0.15) is 12.1 Å². The van der Waals surface area contributed by atoms with Gasteiger partial charge in [0.2, 0.25) is 5.91 Å². The van der Waals surface area contributed by atoms with Crippen LogP contribution in [0.15, 0.2) is 35.1 Å². The van der Waals surface area contributed by atoms with Crippen molar-refractivity contribution in [3.05, 3.63) is 51.9 Å². The van der Waals surface area contributed by atoms with E-state index in [1.807, 2.05) is 24.3 Å². The second-order valence-corrected chi connectivity index (χ2v) is 11.6. The number of hydrogen-bond donors (Lipinski definition) is 3. The van der Waals surface area contributed by atoms with E-state index in [1.165, 1.54) is 31.2 Å². The van der Waals surface area contributed by atoms with Crippen molar-refractivity contribution in [3.63, 3.8) is 0 Å². The highest BCUT2D eigenvalue weighted by Crippen LogP contribution is 2.36. The van der Waals surface area contributed by atoms with Gasteiger partial charge in [0.05, 0.1) is 5.92 Å². The molecular weight excluding hydrogens is 490 g/mol. The average molecular weight is 529 g/mol. The van der Waals surface area contributed by atoms with Crippen LogP contribution in [-0.4, -0.2) is 41.6 Å². The summed E-state index contributed by atoms with van der Waals surface area (Å²) in [7, 11) is 0. The summed E-state index contributed by atoms with van der Waals surface area (Å²) in [6.07, 6.45) is 8.60. The van der Waals surface area contributed by atoms with E-state index >= 15 is 0 Å². The molecule has 6 nitrogen and oxygen atoms in total. The second kappa shape index (κ2) is 11.2. The number of amides is 1. The quantitative estimate of drug-likeness (QED) is 0.392. The minimum absolute atomic E-state index is 0.0639. The molecule has 0 aliphatic heterocycles. The van der Waals surface area contributed by atoms with Gasteiger partial charge in [-0.3, -0.25) is 4.79 Å². The van der Waals surface area contributed by atoms with Crippen molar-refractivity contribution in [1.29, 1.82) is 0 Å². The zero-order chi connectivity index (χ0) is 24.1. The van der Waals surface area contributed by atoms with Crippen molar-refractivity contribution < 1.29 is 4.79 Å². The molecule has 0 saturated heterocycles. The Morgan fingerprint density at radius 1 is 1.12 bits per heavy atom. The van der Waals surface area contributed by atoms with Crippen molar-refractivity contribution in [2.75, 3.05) is 25.0 Å². The van der Waals surface area contributed by atoms with E-state index in [9.17, 15) is 4.79 Å². The monoisotopic (exact) mass is 527 g/mol. The van der Waals surface area contributed by atoms with Crippen molar-refractivity contribution >= 4 is 27.7 Å². The summed E-state index contributed by atoms with van der Waals surface area (Å²) in [4.78, 5) is 22.1. The fourth-order valence-corrected chi connectivity index (χ4v) is 5.49. The highest BCUT2D eigenvalue weighted by molar-refractivity contribution is 9.10. The maximum atomic E-state index is 13.2. The van der Waals surface area contributed by atoms with Crippen LogP contribution in [0.25, 0.3) is 0 Å². The molecule has 0 radical (unpaired) electrons. The molecule has 0 spiro atoms. The molecule has 2 aromatic rings. The Morgan fingerprint density at radius 3 is 2.59 bits per heavy atom. The summed E-state index contributed by atoms with van der Waals surface area (Å²) >= 11 is 3.51. The fourth-order valence-electron chi connectivity index (χ4n) is 5.22. The first-order valence-electron chi connectivity index (χ1n) is 12.7. The maximum absolute atomic E-state index is 13.2. The molecule has 4 rings (SSSR count). The minimum Gasteiger partial charge on any atom is -0.368 e. The topological polar surface area (TPSA) is 78.9 Å². The smallest absolute Gasteiger partial charge is 0.228 e. The highest BCUT2D eigenvalue weighted by Gasteiger charge is 2.28. The van der Waals surface area contributed by atoms with E-state index in [1.54, 1.807) is 6.33 Å². The van der Waals surface area contributed by atoms with Crippen LogP contribution in [0.1, 0.15) is 81.5 Å². The lowest BCUT2D eigenvalue weighted by atomic mass is 9.75. The molecule has 184 valence electrons. The number of fused-ring (bicyclic) bond motifs is 1. The Hall–Kier alpha value is -1.99. The Morgan fingerprint density at radius 2 is 1.85 bits per heavy atom. The van der Waals surface area contributed by atoms with Gasteiger partial charge in [0.15, 0.2) is 0 Å². The molecule has 34 heavy (non-hydrogen) atoms. The molecule has 1 aromatic heterocycles. The van der Waals surface area contributed by atoms with E-state index in [-0.39, 0.29) is 11.8 Å². The number of hydrogen-bond acceptors (Lipinski definition) is 5. The molecular formula is C27H38BrN5O. The van der Waals surface area contributed by atoms with Gasteiger partial charge in [-0.15, -0.1) is 0 Å². The molecule has 3 N–H and O–H groups in total. The number of aromatic nitrogens is 2. The van der Waals surface area contributed by atoms with Gasteiger partial charge in [-0.2, -0.15) is 0 Å². The van der Waals surface area contributed by atoms with Crippen molar-refractivity contribution in [3.8, 4) is 0 Å². The molecule has 2 aliphatic carbocycles. The molecule has 1 saturated carbocycles. The summed E-state index contributed by atoms with van der Waals surface area (Å²) in [5.74, 6) is 1.24. The summed E-state index contributed by atoms with van der Waals surface area (Å²) in [5.41, 5.74) is 3.87. The number of carbonyl (C=O) groups is 1. The minimum atomic E-state index is -0.216. The van der Waals surface area contributed by atoms with Gasteiger partial charge in [-0.05, 0) is 67.6 Å². The van der Waals surface area contributed by atoms with Crippen LogP contribution in [0.3, 0.4) is 0 Å². The summed E-state index contributed by atoms with van der Waals surface area (Å²) < 4.78 is 1.02. The second-order valence-electron chi connectivity index (χ2n) is 10.7. The summed E-state index contributed by atoms with van der Waals surface area (Å²) in [6, 6.07) is 8.60. The first kappa shape index (κ1) is 25.1. The van der Waals surface area contributed by atoms with Crippen LogP contribution in [0, 0.1) is 5.41 Å². The first-order valence-corrected chi connectivity index (χ1v) is 13.5. The lowest BCUT2D eigenvalue weighted by Crippen LogP contribution is -2.42. The summed E-state index contributed by atoms with van der Waals surface area (Å²) in [5, 5.41) is 10.3. The molecule has 1 fully saturated rings. The Kier molecular flexibility index (Phi) is 8.25. The third-order valence-electron chi connectivity index (χ3n) is 7.53. The number of nitrogens with zero attached hydrogens (tertiary/aromatic N) is 2. The van der Waals surface area contributed by atoms with E-state index in [0.29, 0.717) is 37.0 Å². The van der Waals surface area contributed by atoms with Crippen LogP contribution >= 0.6 is 15.9 Å². The predicted octanol–water partition coefficient (Wildman–Crippen LogP) is 5.16. The van der Waals surface area contributed by atoms with Gasteiger partial charge in [0, 0.05) is 41.4 Å². The number of aryl methyl sites for hydroxylation is 1. The third kappa shape index (κ3) is 6.36. The van der Waals surface area contributed by atoms with Crippen LogP contribution in [0.2, 0.25) is 0 Å². The van der Waals surface area contributed by atoms with Crippen molar-refractivity contribution in [1.82, 2.24) is 20.6 Å². The van der Waals surface area contributed by atoms with Crippen molar-refractivity contribution in [2.24, 2.45) is 5.41 Å². The zero-order valence-corrected chi connectivity index (χ0v) is 22.2. The Bertz CT molecular complexity index is 967. The van der Waals surface area contributed by atoms with Gasteiger partial charge >= 0.3 is 0 Å². The number of nitrogens with one attached hydrogen (secondary N) is 3. The van der Waals surface area contributed by atoms with Crippen molar-refractivity contribution in [2.45, 2.75) is 77.2 Å². The van der Waals surface area contributed by atoms with Gasteiger partial charge in [-0.25, -0.2) is 9.97 Å². The molecule has 1 amide bonds. The standard InChI is InChI=1S/C27H38BrN5O/c1-18-4-9-23-24(18)25(33-17-32-23)29-14-15-30-26(34)22(19-5-7-20(28)8-6-19)16-31-21-10-12-27(2,3)13-11-21/h5-8,17-18,21-22,31H,4,9-16H2,1-3H3,(H,30,34)(H,29,32,33)/t18?,22-/m1/s1. The van der Waals surface area contributed by atoms with E-state index in [4.69, 9.17) is 0 Å². The van der Waals surface area contributed by atoms with Gasteiger partial charge in [0.25, 0.3) is 0 Å². The van der Waals surface area contributed by atoms with E-state index < -0.39 is 0 Å². The maximum Gasteiger partial charge on any atom is 0.228 e. The molecule has 1 heterocycles. The average Bonchev–Trinajstić information content (AvgIpc) is 3.20. The number of rotatable bonds is 9.